The first-order valence-electron chi connectivity index (χ1n) is 7.97. The molecule has 0 saturated carbocycles. The van der Waals surface area contributed by atoms with Crippen LogP contribution in [0.2, 0.25) is 0 Å². The zero-order chi connectivity index (χ0) is 19.1. The van der Waals surface area contributed by atoms with E-state index in [4.69, 9.17) is 0 Å². The lowest BCUT2D eigenvalue weighted by atomic mass is 10.0. The highest BCUT2D eigenvalue weighted by Crippen LogP contribution is 2.30. The molecule has 2 amide bonds. The van der Waals surface area contributed by atoms with Crippen LogP contribution in [0.5, 0.6) is 0 Å². The van der Waals surface area contributed by atoms with Gasteiger partial charge in [0.05, 0.1) is 5.56 Å². The van der Waals surface area contributed by atoms with E-state index in [1.165, 1.54) is 12.1 Å². The number of anilines is 1. The van der Waals surface area contributed by atoms with E-state index in [9.17, 15) is 18.0 Å². The third-order valence-corrected chi connectivity index (χ3v) is 6.57. The molecule has 1 aliphatic rings. The Hall–Kier alpha value is -1.94. The van der Waals surface area contributed by atoms with Crippen LogP contribution in [0.4, 0.5) is 5.69 Å². The molecule has 0 aliphatic carbocycles. The molecule has 0 unspecified atom stereocenters. The van der Waals surface area contributed by atoms with Crippen LogP contribution in [0, 0.1) is 3.57 Å². The lowest BCUT2D eigenvalue weighted by molar-refractivity contribution is -0.116. The highest BCUT2D eigenvalue weighted by molar-refractivity contribution is 14.1. The summed E-state index contributed by atoms with van der Waals surface area (Å²) in [6.45, 7) is 3.46. The number of benzene rings is 2. The molecule has 26 heavy (non-hydrogen) atoms. The lowest BCUT2D eigenvalue weighted by Gasteiger charge is -2.17. The highest BCUT2D eigenvalue weighted by atomic mass is 127. The number of fused-ring (bicyclic) bond motifs is 1. The SMILES string of the molecule is CC(C)c1cc(I)ccc1NC(=O)CN1C(=O)c2ccccc2S1(=O)=O. The molecular weight excluding hydrogens is 467 g/mol. The van der Waals surface area contributed by atoms with Crippen LogP contribution >= 0.6 is 22.6 Å². The van der Waals surface area contributed by atoms with Crippen LogP contribution in [0.15, 0.2) is 47.4 Å². The normalized spacial score (nSPS) is 15.2. The molecule has 1 aliphatic heterocycles. The number of nitrogens with zero attached hydrogens (tertiary/aromatic N) is 1. The van der Waals surface area contributed by atoms with Crippen molar-refractivity contribution in [3.8, 4) is 0 Å². The monoisotopic (exact) mass is 484 g/mol. The summed E-state index contributed by atoms with van der Waals surface area (Å²) in [6.07, 6.45) is 0. The maximum Gasteiger partial charge on any atom is 0.269 e. The molecule has 1 heterocycles. The Morgan fingerprint density at radius 2 is 1.88 bits per heavy atom. The molecule has 0 aromatic heterocycles. The molecule has 0 bridgehead atoms. The third kappa shape index (κ3) is 3.35. The van der Waals surface area contributed by atoms with Crippen molar-refractivity contribution >= 4 is 50.1 Å². The van der Waals surface area contributed by atoms with Gasteiger partial charge in [0, 0.05) is 9.26 Å². The van der Waals surface area contributed by atoms with Crippen LogP contribution < -0.4 is 5.32 Å². The number of hydrogen-bond donors (Lipinski definition) is 1. The summed E-state index contributed by atoms with van der Waals surface area (Å²) < 4.78 is 26.7. The molecule has 3 rings (SSSR count). The number of nitrogens with one attached hydrogen (secondary N) is 1. The maximum absolute atomic E-state index is 12.5. The summed E-state index contributed by atoms with van der Waals surface area (Å²) in [6, 6.07) is 11.6. The average Bonchev–Trinajstić information content (AvgIpc) is 2.78. The Bertz CT molecular complexity index is 1000. The summed E-state index contributed by atoms with van der Waals surface area (Å²) in [5, 5.41) is 2.73. The van der Waals surface area contributed by atoms with Crippen LogP contribution in [0.1, 0.15) is 35.7 Å². The highest BCUT2D eigenvalue weighted by Gasteiger charge is 2.41. The molecule has 0 spiro atoms. The largest absolute Gasteiger partial charge is 0.324 e. The lowest BCUT2D eigenvalue weighted by Crippen LogP contribution is -2.37. The minimum atomic E-state index is -3.99. The predicted molar refractivity (Wildman–Crippen MR) is 107 cm³/mol. The van der Waals surface area contributed by atoms with Crippen LogP contribution in [-0.2, 0) is 14.8 Å². The summed E-state index contributed by atoms with van der Waals surface area (Å²) in [5.74, 6) is -1.05. The van der Waals surface area contributed by atoms with Crippen molar-refractivity contribution < 1.29 is 18.0 Å². The second-order valence-electron chi connectivity index (χ2n) is 6.25. The molecule has 0 radical (unpaired) electrons. The molecule has 8 heteroatoms. The van der Waals surface area contributed by atoms with Crippen molar-refractivity contribution in [1.82, 2.24) is 4.31 Å². The van der Waals surface area contributed by atoms with Crippen molar-refractivity contribution in [2.45, 2.75) is 24.7 Å². The van der Waals surface area contributed by atoms with Gasteiger partial charge in [-0.05, 0) is 64.4 Å². The number of amides is 2. The Kier molecular flexibility index (Phi) is 5.07. The van der Waals surface area contributed by atoms with E-state index >= 15 is 0 Å². The van der Waals surface area contributed by atoms with E-state index in [2.05, 4.69) is 27.9 Å². The number of sulfonamides is 1. The fourth-order valence-corrected chi connectivity index (χ4v) is 4.87. The van der Waals surface area contributed by atoms with Crippen molar-refractivity contribution in [2.75, 3.05) is 11.9 Å². The van der Waals surface area contributed by atoms with Gasteiger partial charge in [0.1, 0.15) is 11.4 Å². The zero-order valence-corrected chi connectivity index (χ0v) is 17.2. The van der Waals surface area contributed by atoms with Crippen molar-refractivity contribution in [2.24, 2.45) is 0 Å². The van der Waals surface area contributed by atoms with E-state index in [0.29, 0.717) is 9.99 Å². The van der Waals surface area contributed by atoms with Crippen LogP contribution in [0.3, 0.4) is 0 Å². The van der Waals surface area contributed by atoms with Crippen molar-refractivity contribution in [3.63, 3.8) is 0 Å². The summed E-state index contributed by atoms with van der Waals surface area (Å²) in [5.41, 5.74) is 1.66. The van der Waals surface area contributed by atoms with Gasteiger partial charge in [-0.15, -0.1) is 0 Å². The summed E-state index contributed by atoms with van der Waals surface area (Å²) in [7, 11) is -3.99. The molecule has 0 fully saturated rings. The van der Waals surface area contributed by atoms with Gasteiger partial charge in [0.15, 0.2) is 0 Å². The molecule has 136 valence electrons. The topological polar surface area (TPSA) is 83.6 Å². The summed E-state index contributed by atoms with van der Waals surface area (Å²) >= 11 is 2.19. The Balaban J connectivity index is 1.83. The second kappa shape index (κ2) is 6.99. The second-order valence-corrected chi connectivity index (χ2v) is 9.32. The van der Waals surface area contributed by atoms with Gasteiger partial charge in [0.25, 0.3) is 15.9 Å². The smallest absolute Gasteiger partial charge is 0.269 e. The van der Waals surface area contributed by atoms with Gasteiger partial charge in [-0.2, -0.15) is 0 Å². The summed E-state index contributed by atoms with van der Waals surface area (Å²) in [4.78, 5) is 24.8. The van der Waals surface area contributed by atoms with Crippen molar-refractivity contribution in [3.05, 3.63) is 57.2 Å². The molecule has 2 aromatic rings. The minimum Gasteiger partial charge on any atom is -0.324 e. The first-order valence-corrected chi connectivity index (χ1v) is 10.5. The Morgan fingerprint density at radius 3 is 2.54 bits per heavy atom. The molecule has 2 aromatic carbocycles. The van der Waals surface area contributed by atoms with Crippen LogP contribution in [0.25, 0.3) is 0 Å². The van der Waals surface area contributed by atoms with E-state index < -0.39 is 28.4 Å². The Labute approximate surface area is 165 Å². The van der Waals surface area contributed by atoms with Gasteiger partial charge < -0.3 is 5.32 Å². The molecule has 0 atom stereocenters. The standard InChI is InChI=1S/C18H17IN2O4S/c1-11(2)14-9-12(19)7-8-15(14)20-17(22)10-21-18(23)13-5-3-4-6-16(13)26(21,24)25/h3-9,11H,10H2,1-2H3,(H,20,22). The van der Waals surface area contributed by atoms with Gasteiger partial charge in [-0.25, -0.2) is 12.7 Å². The van der Waals surface area contributed by atoms with Gasteiger partial charge in [-0.3, -0.25) is 9.59 Å². The third-order valence-electron chi connectivity index (χ3n) is 4.11. The van der Waals surface area contributed by atoms with E-state index in [1.54, 1.807) is 18.2 Å². The van der Waals surface area contributed by atoms with Crippen molar-refractivity contribution in [1.29, 1.82) is 0 Å². The maximum atomic E-state index is 12.5. The number of hydrogen-bond acceptors (Lipinski definition) is 4. The fourth-order valence-electron chi connectivity index (χ4n) is 2.83. The molecule has 1 N–H and O–H groups in total. The first-order chi connectivity index (χ1) is 12.2. The van der Waals surface area contributed by atoms with Gasteiger partial charge in [0.2, 0.25) is 5.91 Å². The van der Waals surface area contributed by atoms with E-state index in [-0.39, 0.29) is 16.4 Å². The minimum absolute atomic E-state index is 0.0602. The Morgan fingerprint density at radius 1 is 1.19 bits per heavy atom. The average molecular weight is 484 g/mol. The zero-order valence-electron chi connectivity index (χ0n) is 14.2. The van der Waals surface area contributed by atoms with E-state index in [0.717, 1.165) is 9.13 Å². The fraction of sp³-hybridized carbons (Fsp3) is 0.222. The van der Waals surface area contributed by atoms with E-state index in [1.807, 2.05) is 26.0 Å². The quantitative estimate of drug-likeness (QED) is 0.676. The number of carbonyl (C=O) groups is 2. The predicted octanol–water partition coefficient (Wildman–Crippen LogP) is 3.20. The molecular formula is C18H17IN2O4S. The first kappa shape index (κ1) is 18.8. The number of carbonyl (C=O) groups excluding carboxylic acids is 2. The number of rotatable bonds is 4. The van der Waals surface area contributed by atoms with Crippen LogP contribution in [-0.4, -0.2) is 31.1 Å². The molecule has 6 nitrogen and oxygen atoms in total. The van der Waals surface area contributed by atoms with Gasteiger partial charge in [-0.1, -0.05) is 26.0 Å². The van der Waals surface area contributed by atoms with Gasteiger partial charge >= 0.3 is 0 Å². The molecule has 0 saturated heterocycles. The number of halogens is 1.